The highest BCUT2D eigenvalue weighted by Gasteiger charge is 2.32. The topological polar surface area (TPSA) is 107 Å². The Balaban J connectivity index is 1.34. The molecule has 8 nitrogen and oxygen atoms in total. The first-order chi connectivity index (χ1) is 15.5. The number of benzene rings is 2. The molecule has 2 aromatic heterocycles. The smallest absolute Gasteiger partial charge is 0.243 e. The normalized spacial score (nSPS) is 19.3. The number of rotatable bonds is 6. The van der Waals surface area contributed by atoms with Crippen LogP contribution in [-0.2, 0) is 10.0 Å². The molecular formula is C23H26N6O2S. The van der Waals surface area contributed by atoms with E-state index >= 15 is 0 Å². The van der Waals surface area contributed by atoms with Gasteiger partial charge in [0.05, 0.1) is 11.2 Å². The lowest BCUT2D eigenvalue weighted by Gasteiger charge is -2.24. The van der Waals surface area contributed by atoms with Gasteiger partial charge in [-0.1, -0.05) is 37.3 Å². The maximum atomic E-state index is 13.4. The maximum absolute atomic E-state index is 13.4. The van der Waals surface area contributed by atoms with Crippen molar-refractivity contribution in [1.82, 2.24) is 23.8 Å². The molecule has 0 amide bonds. The summed E-state index contributed by atoms with van der Waals surface area (Å²) in [7, 11) is -3.56. The predicted octanol–water partition coefficient (Wildman–Crippen LogP) is 3.61. The quantitative estimate of drug-likeness (QED) is 0.481. The largest absolute Gasteiger partial charge is 0.382 e. The first kappa shape index (κ1) is 20.8. The van der Waals surface area contributed by atoms with Crippen molar-refractivity contribution in [2.75, 3.05) is 18.8 Å². The summed E-state index contributed by atoms with van der Waals surface area (Å²) in [4.78, 5) is 13.1. The fourth-order valence-electron chi connectivity index (χ4n) is 4.77. The van der Waals surface area contributed by atoms with Crippen molar-refractivity contribution >= 4 is 37.8 Å². The van der Waals surface area contributed by atoms with Gasteiger partial charge >= 0.3 is 0 Å². The van der Waals surface area contributed by atoms with Crippen LogP contribution < -0.4 is 5.73 Å². The number of hydrogen-bond donors (Lipinski definition) is 1. The number of hydrogen-bond acceptors (Lipinski definition) is 6. The molecule has 0 radical (unpaired) electrons. The van der Waals surface area contributed by atoms with Gasteiger partial charge in [0.2, 0.25) is 10.0 Å². The van der Waals surface area contributed by atoms with Gasteiger partial charge in [-0.2, -0.15) is 4.31 Å². The van der Waals surface area contributed by atoms with Gasteiger partial charge in [0.25, 0.3) is 0 Å². The lowest BCUT2D eigenvalue weighted by atomic mass is 10.1. The van der Waals surface area contributed by atoms with E-state index in [2.05, 4.69) is 19.5 Å². The van der Waals surface area contributed by atoms with Gasteiger partial charge in [-0.05, 0) is 48.1 Å². The second kappa shape index (κ2) is 8.14. The summed E-state index contributed by atoms with van der Waals surface area (Å²) < 4.78 is 30.5. The summed E-state index contributed by atoms with van der Waals surface area (Å²) in [6.07, 6.45) is 6.00. The number of nitrogens with zero attached hydrogens (tertiary/aromatic N) is 5. The zero-order valence-corrected chi connectivity index (χ0v) is 18.7. The zero-order chi connectivity index (χ0) is 22.3. The van der Waals surface area contributed by atoms with E-state index in [0.717, 1.165) is 35.7 Å². The summed E-state index contributed by atoms with van der Waals surface area (Å²) in [6, 6.07) is 13.4. The molecule has 5 rings (SSSR count). The lowest BCUT2D eigenvalue weighted by molar-refractivity contribution is 0.348. The number of aromatic nitrogens is 4. The highest BCUT2D eigenvalue weighted by Crippen LogP contribution is 2.37. The Kier molecular flexibility index (Phi) is 5.30. The predicted molar refractivity (Wildman–Crippen MR) is 124 cm³/mol. The van der Waals surface area contributed by atoms with Gasteiger partial charge in [0.1, 0.15) is 11.8 Å². The highest BCUT2D eigenvalue weighted by molar-refractivity contribution is 7.89. The van der Waals surface area contributed by atoms with Gasteiger partial charge < -0.3 is 10.3 Å². The summed E-state index contributed by atoms with van der Waals surface area (Å²) >= 11 is 0. The van der Waals surface area contributed by atoms with Crippen LogP contribution in [0.4, 0.5) is 5.82 Å². The number of nitrogens with two attached hydrogens (primary N) is 1. The van der Waals surface area contributed by atoms with E-state index in [1.807, 2.05) is 37.3 Å². The number of sulfonamides is 1. The molecule has 2 N–H and O–H groups in total. The van der Waals surface area contributed by atoms with E-state index in [0.29, 0.717) is 29.3 Å². The van der Waals surface area contributed by atoms with E-state index in [-0.39, 0.29) is 12.0 Å². The van der Waals surface area contributed by atoms with Gasteiger partial charge in [-0.25, -0.2) is 23.4 Å². The second-order valence-corrected chi connectivity index (χ2v) is 10.3. The Bertz CT molecular complexity index is 1380. The first-order valence-corrected chi connectivity index (χ1v) is 12.3. The Morgan fingerprint density at radius 3 is 2.72 bits per heavy atom. The number of nitrogen functional groups attached to an aromatic ring is 1. The third-order valence-electron chi connectivity index (χ3n) is 6.47. The Labute approximate surface area is 187 Å². The molecule has 0 aliphatic heterocycles. The van der Waals surface area contributed by atoms with Gasteiger partial charge in [-0.15, -0.1) is 0 Å². The van der Waals surface area contributed by atoms with Crippen molar-refractivity contribution in [3.63, 3.8) is 0 Å². The van der Waals surface area contributed by atoms with Crippen LogP contribution in [0.1, 0.15) is 32.2 Å². The fraction of sp³-hybridized carbons (Fsp3) is 0.348. The van der Waals surface area contributed by atoms with Crippen molar-refractivity contribution in [3.05, 3.63) is 55.1 Å². The molecule has 0 bridgehead atoms. The second-order valence-electron chi connectivity index (χ2n) is 8.38. The SMILES string of the molecule is CCN(CC1CCC(n2cnc3c(N)ncnc32)C1)S(=O)(=O)c1ccc2ccccc2c1. The molecule has 1 fully saturated rings. The van der Waals surface area contributed by atoms with Gasteiger partial charge in [-0.3, -0.25) is 0 Å². The van der Waals surface area contributed by atoms with Crippen LogP contribution in [0.5, 0.6) is 0 Å². The van der Waals surface area contributed by atoms with Crippen LogP contribution >= 0.6 is 0 Å². The van der Waals surface area contributed by atoms with Crippen LogP contribution in [0.25, 0.3) is 21.9 Å². The molecule has 0 saturated heterocycles. The van der Waals surface area contributed by atoms with Crippen molar-refractivity contribution in [2.45, 2.75) is 37.1 Å². The lowest BCUT2D eigenvalue weighted by Crippen LogP contribution is -2.34. The summed E-state index contributed by atoms with van der Waals surface area (Å²) in [6.45, 7) is 2.84. The first-order valence-electron chi connectivity index (χ1n) is 10.9. The highest BCUT2D eigenvalue weighted by atomic mass is 32.2. The minimum Gasteiger partial charge on any atom is -0.382 e. The maximum Gasteiger partial charge on any atom is 0.243 e. The van der Waals surface area contributed by atoms with E-state index in [4.69, 9.17) is 5.73 Å². The Hall–Kier alpha value is -3.04. The zero-order valence-electron chi connectivity index (χ0n) is 17.9. The number of fused-ring (bicyclic) bond motifs is 2. The average molecular weight is 451 g/mol. The number of anilines is 1. The summed E-state index contributed by atoms with van der Waals surface area (Å²) in [5.41, 5.74) is 7.27. The third-order valence-corrected chi connectivity index (χ3v) is 8.40. The van der Waals surface area contributed by atoms with Crippen molar-refractivity contribution in [2.24, 2.45) is 5.92 Å². The van der Waals surface area contributed by atoms with Crippen molar-refractivity contribution in [3.8, 4) is 0 Å². The van der Waals surface area contributed by atoms with Crippen LogP contribution in [0.3, 0.4) is 0 Å². The monoisotopic (exact) mass is 450 g/mol. The molecule has 0 spiro atoms. The molecule has 166 valence electrons. The summed E-state index contributed by atoms with van der Waals surface area (Å²) in [5.74, 6) is 0.647. The van der Waals surface area contributed by atoms with Gasteiger partial charge in [0, 0.05) is 19.1 Å². The van der Waals surface area contributed by atoms with Crippen LogP contribution in [-0.4, -0.2) is 45.3 Å². The third kappa shape index (κ3) is 3.61. The molecule has 4 aromatic rings. The number of imidazole rings is 1. The van der Waals surface area contributed by atoms with E-state index in [9.17, 15) is 8.42 Å². The van der Waals surface area contributed by atoms with Crippen LogP contribution in [0.15, 0.2) is 60.0 Å². The molecular weight excluding hydrogens is 424 g/mol. The van der Waals surface area contributed by atoms with E-state index in [1.54, 1.807) is 22.8 Å². The van der Waals surface area contributed by atoms with Gasteiger partial charge in [0.15, 0.2) is 11.5 Å². The molecule has 32 heavy (non-hydrogen) atoms. The molecule has 2 unspecified atom stereocenters. The average Bonchev–Trinajstić information content (AvgIpc) is 3.44. The Morgan fingerprint density at radius 1 is 1.09 bits per heavy atom. The molecule has 1 aliphatic rings. The molecule has 2 atom stereocenters. The molecule has 1 saturated carbocycles. The van der Waals surface area contributed by atoms with E-state index in [1.165, 1.54) is 6.33 Å². The van der Waals surface area contributed by atoms with E-state index < -0.39 is 10.0 Å². The molecule has 9 heteroatoms. The van der Waals surface area contributed by atoms with Crippen LogP contribution in [0, 0.1) is 5.92 Å². The van der Waals surface area contributed by atoms with Crippen molar-refractivity contribution in [1.29, 1.82) is 0 Å². The Morgan fingerprint density at radius 2 is 1.91 bits per heavy atom. The minimum atomic E-state index is -3.56. The minimum absolute atomic E-state index is 0.223. The standard InChI is InChI=1S/C23H26N6O2S/c1-2-28(32(30,31)20-10-8-17-5-3-4-6-18(17)12-20)13-16-7-9-19(11-16)29-15-27-21-22(24)25-14-26-23(21)29/h3-6,8,10,12,14-16,19H,2,7,9,11,13H2,1H3,(H2,24,25,26). The molecule has 1 aliphatic carbocycles. The van der Waals surface area contributed by atoms with Crippen molar-refractivity contribution < 1.29 is 8.42 Å². The van der Waals surface area contributed by atoms with Crippen LogP contribution in [0.2, 0.25) is 0 Å². The molecule has 2 aromatic carbocycles. The fourth-order valence-corrected chi connectivity index (χ4v) is 6.33. The summed E-state index contributed by atoms with van der Waals surface area (Å²) in [5, 5.41) is 1.96. The molecule has 2 heterocycles.